The number of amides is 1. The van der Waals surface area contributed by atoms with Gasteiger partial charge < -0.3 is 14.8 Å². The highest BCUT2D eigenvalue weighted by Crippen LogP contribution is 2.19. The number of benzene rings is 1. The van der Waals surface area contributed by atoms with Crippen LogP contribution in [0.1, 0.15) is 16.9 Å². The van der Waals surface area contributed by atoms with Crippen molar-refractivity contribution in [3.63, 3.8) is 0 Å². The smallest absolute Gasteiger partial charge is 0.275 e. The molecule has 2 aromatic rings. The van der Waals surface area contributed by atoms with Gasteiger partial charge in [-0.05, 0) is 18.6 Å². The predicted octanol–water partition coefficient (Wildman–Crippen LogP) is 1.65. The van der Waals surface area contributed by atoms with E-state index in [2.05, 4.69) is 10.4 Å². The monoisotopic (exact) mass is 301 g/mol. The molecule has 3 rings (SSSR count). The number of aromatic nitrogens is 2. The molecule has 1 amide bonds. The Labute approximate surface area is 129 Å². The lowest BCUT2D eigenvalue weighted by molar-refractivity contribution is 0.0936. The van der Waals surface area contributed by atoms with Gasteiger partial charge in [0, 0.05) is 19.1 Å². The summed E-state index contributed by atoms with van der Waals surface area (Å²) in [6.07, 6.45) is 2.69. The number of rotatable bonds is 5. The molecule has 0 radical (unpaired) electrons. The SMILES string of the molecule is COc1cn(-c2ccccc2)nc1C(=O)NCC1CCOC1. The average Bonchev–Trinajstić information content (AvgIpc) is 3.22. The summed E-state index contributed by atoms with van der Waals surface area (Å²) in [6, 6.07) is 9.61. The predicted molar refractivity (Wildman–Crippen MR) is 81.4 cm³/mol. The van der Waals surface area contributed by atoms with Crippen molar-refractivity contribution in [1.82, 2.24) is 15.1 Å². The number of nitrogens with zero attached hydrogens (tertiary/aromatic N) is 2. The van der Waals surface area contributed by atoms with Gasteiger partial charge in [0.25, 0.3) is 5.91 Å². The normalized spacial score (nSPS) is 17.4. The van der Waals surface area contributed by atoms with E-state index in [0.717, 1.165) is 18.7 Å². The summed E-state index contributed by atoms with van der Waals surface area (Å²) in [4.78, 5) is 12.3. The highest BCUT2D eigenvalue weighted by molar-refractivity contribution is 5.94. The molecular weight excluding hydrogens is 282 g/mol. The summed E-state index contributed by atoms with van der Waals surface area (Å²) in [5.41, 5.74) is 1.18. The highest BCUT2D eigenvalue weighted by Gasteiger charge is 2.21. The summed E-state index contributed by atoms with van der Waals surface area (Å²) < 4.78 is 12.2. The lowest BCUT2D eigenvalue weighted by atomic mass is 10.1. The Morgan fingerprint density at radius 3 is 2.95 bits per heavy atom. The lowest BCUT2D eigenvalue weighted by Gasteiger charge is -2.08. The zero-order valence-corrected chi connectivity index (χ0v) is 12.5. The molecule has 22 heavy (non-hydrogen) atoms. The fraction of sp³-hybridized carbons (Fsp3) is 0.375. The third-order valence-corrected chi connectivity index (χ3v) is 3.71. The molecule has 0 bridgehead atoms. The van der Waals surface area contributed by atoms with E-state index < -0.39 is 0 Å². The fourth-order valence-electron chi connectivity index (χ4n) is 2.44. The third-order valence-electron chi connectivity index (χ3n) is 3.71. The molecule has 0 aliphatic carbocycles. The number of ether oxygens (including phenoxy) is 2. The van der Waals surface area contributed by atoms with Gasteiger partial charge in [0.1, 0.15) is 0 Å². The molecule has 1 aromatic heterocycles. The van der Waals surface area contributed by atoms with Crippen LogP contribution in [0.4, 0.5) is 0 Å². The van der Waals surface area contributed by atoms with Crippen LogP contribution in [0, 0.1) is 5.92 Å². The van der Waals surface area contributed by atoms with E-state index in [0.29, 0.717) is 30.5 Å². The lowest BCUT2D eigenvalue weighted by Crippen LogP contribution is -2.30. The van der Waals surface area contributed by atoms with Gasteiger partial charge in [-0.15, -0.1) is 0 Å². The van der Waals surface area contributed by atoms with Gasteiger partial charge in [0.05, 0.1) is 25.6 Å². The second-order valence-electron chi connectivity index (χ2n) is 5.27. The average molecular weight is 301 g/mol. The van der Waals surface area contributed by atoms with Crippen LogP contribution in [0.5, 0.6) is 5.75 Å². The molecule has 1 unspecified atom stereocenters. The van der Waals surface area contributed by atoms with E-state index in [1.54, 1.807) is 10.9 Å². The van der Waals surface area contributed by atoms with Crippen molar-refractivity contribution in [3.8, 4) is 11.4 Å². The topological polar surface area (TPSA) is 65.4 Å². The van der Waals surface area contributed by atoms with E-state index in [-0.39, 0.29) is 5.91 Å². The molecule has 1 aliphatic rings. The molecule has 6 nitrogen and oxygen atoms in total. The summed E-state index contributed by atoms with van der Waals surface area (Å²) >= 11 is 0. The number of carbonyl (C=O) groups excluding carboxylic acids is 1. The van der Waals surface area contributed by atoms with Crippen molar-refractivity contribution in [2.75, 3.05) is 26.9 Å². The Morgan fingerprint density at radius 1 is 1.45 bits per heavy atom. The van der Waals surface area contributed by atoms with E-state index in [1.165, 1.54) is 7.11 Å². The largest absolute Gasteiger partial charge is 0.493 e. The second kappa shape index (κ2) is 6.62. The number of hydrogen-bond acceptors (Lipinski definition) is 4. The Hall–Kier alpha value is -2.34. The molecule has 1 fully saturated rings. The van der Waals surface area contributed by atoms with Crippen molar-refractivity contribution in [1.29, 1.82) is 0 Å². The summed E-state index contributed by atoms with van der Waals surface area (Å²) in [5.74, 6) is 0.619. The van der Waals surface area contributed by atoms with E-state index in [4.69, 9.17) is 9.47 Å². The molecule has 116 valence electrons. The van der Waals surface area contributed by atoms with Crippen molar-refractivity contribution < 1.29 is 14.3 Å². The van der Waals surface area contributed by atoms with Crippen LogP contribution in [-0.2, 0) is 4.74 Å². The fourth-order valence-corrected chi connectivity index (χ4v) is 2.44. The second-order valence-corrected chi connectivity index (χ2v) is 5.27. The first kappa shape index (κ1) is 14.6. The van der Waals surface area contributed by atoms with Gasteiger partial charge >= 0.3 is 0 Å². The molecule has 0 saturated carbocycles. The van der Waals surface area contributed by atoms with Crippen LogP contribution in [-0.4, -0.2) is 42.6 Å². The van der Waals surface area contributed by atoms with E-state index in [1.807, 2.05) is 30.3 Å². The van der Waals surface area contributed by atoms with Gasteiger partial charge in [-0.25, -0.2) is 4.68 Å². The van der Waals surface area contributed by atoms with Crippen molar-refractivity contribution >= 4 is 5.91 Å². The minimum atomic E-state index is -0.224. The maximum atomic E-state index is 12.3. The van der Waals surface area contributed by atoms with E-state index >= 15 is 0 Å². The Balaban J connectivity index is 1.74. The van der Waals surface area contributed by atoms with Crippen LogP contribution in [0.2, 0.25) is 0 Å². The minimum Gasteiger partial charge on any atom is -0.493 e. The van der Waals surface area contributed by atoms with Gasteiger partial charge in [0.15, 0.2) is 11.4 Å². The molecule has 1 saturated heterocycles. The zero-order chi connectivity index (χ0) is 15.4. The summed E-state index contributed by atoms with van der Waals surface area (Å²) in [5, 5.41) is 7.25. The molecule has 1 aliphatic heterocycles. The van der Waals surface area contributed by atoms with Crippen LogP contribution < -0.4 is 10.1 Å². The quantitative estimate of drug-likeness (QED) is 0.912. The molecule has 1 N–H and O–H groups in total. The van der Waals surface area contributed by atoms with Gasteiger partial charge in [-0.1, -0.05) is 18.2 Å². The zero-order valence-electron chi connectivity index (χ0n) is 12.5. The maximum absolute atomic E-state index is 12.3. The van der Waals surface area contributed by atoms with Gasteiger partial charge in [-0.2, -0.15) is 5.10 Å². The first-order valence-electron chi connectivity index (χ1n) is 7.33. The van der Waals surface area contributed by atoms with Crippen LogP contribution in [0.15, 0.2) is 36.5 Å². The number of para-hydroxylation sites is 1. The van der Waals surface area contributed by atoms with Crippen molar-refractivity contribution in [3.05, 3.63) is 42.2 Å². The first-order valence-corrected chi connectivity index (χ1v) is 7.33. The number of methoxy groups -OCH3 is 1. The maximum Gasteiger partial charge on any atom is 0.275 e. The molecule has 2 heterocycles. The Morgan fingerprint density at radius 2 is 2.27 bits per heavy atom. The minimum absolute atomic E-state index is 0.224. The van der Waals surface area contributed by atoms with E-state index in [9.17, 15) is 4.79 Å². The Kier molecular flexibility index (Phi) is 4.39. The van der Waals surface area contributed by atoms with Gasteiger partial charge in [0.2, 0.25) is 0 Å². The van der Waals surface area contributed by atoms with Gasteiger partial charge in [-0.3, -0.25) is 4.79 Å². The van der Waals surface area contributed by atoms with Crippen LogP contribution in [0.25, 0.3) is 5.69 Å². The molecule has 0 spiro atoms. The van der Waals surface area contributed by atoms with Crippen LogP contribution in [0.3, 0.4) is 0 Å². The summed E-state index contributed by atoms with van der Waals surface area (Å²) in [6.45, 7) is 2.07. The first-order chi connectivity index (χ1) is 10.8. The molecule has 1 atom stereocenters. The number of hydrogen-bond donors (Lipinski definition) is 1. The van der Waals surface area contributed by atoms with Crippen molar-refractivity contribution in [2.24, 2.45) is 5.92 Å². The third kappa shape index (κ3) is 3.12. The van der Waals surface area contributed by atoms with Crippen LogP contribution >= 0.6 is 0 Å². The summed E-state index contributed by atoms with van der Waals surface area (Å²) in [7, 11) is 1.54. The highest BCUT2D eigenvalue weighted by atomic mass is 16.5. The molecule has 6 heteroatoms. The van der Waals surface area contributed by atoms with Crippen molar-refractivity contribution in [2.45, 2.75) is 6.42 Å². The Bertz CT molecular complexity index is 633. The molecular formula is C16H19N3O3. The number of nitrogens with one attached hydrogen (secondary N) is 1. The molecule has 1 aromatic carbocycles. The standard InChI is InChI=1S/C16H19N3O3/c1-21-14-10-19(13-5-3-2-4-6-13)18-15(14)16(20)17-9-12-7-8-22-11-12/h2-6,10,12H,7-9,11H2,1H3,(H,17,20). The number of carbonyl (C=O) groups is 1.